The molecule has 3 atom stereocenters. The third-order valence-electron chi connectivity index (χ3n) is 12.8. The van der Waals surface area contributed by atoms with Crippen molar-refractivity contribution in [2.45, 2.75) is 208 Å². The normalized spacial score (nSPS) is 21.2. The largest absolute Gasteiger partial charge is 0.466 e. The number of rotatable bonds is 32. The van der Waals surface area contributed by atoms with Crippen molar-refractivity contribution in [2.24, 2.45) is 22.7 Å². The van der Waals surface area contributed by atoms with Gasteiger partial charge in [0.25, 0.3) is 0 Å². The molecule has 2 saturated carbocycles. The van der Waals surface area contributed by atoms with E-state index in [1.165, 1.54) is 103 Å². The molecule has 0 aliphatic heterocycles. The van der Waals surface area contributed by atoms with Gasteiger partial charge in [-0.15, -0.1) is 0 Å². The van der Waals surface area contributed by atoms with Crippen LogP contribution in [0.2, 0.25) is 0 Å². The molecule has 0 saturated heterocycles. The molecule has 0 aromatic carbocycles. The fraction of sp³-hybridized carbons (Fsp3) is 0.953. The predicted molar refractivity (Wildman–Crippen MR) is 205 cm³/mol. The van der Waals surface area contributed by atoms with E-state index in [9.17, 15) is 14.7 Å². The van der Waals surface area contributed by atoms with E-state index >= 15 is 0 Å². The number of fused-ring (bicyclic) bond motifs is 2. The first-order valence-electron chi connectivity index (χ1n) is 21.4. The van der Waals surface area contributed by atoms with Crippen LogP contribution in [-0.4, -0.2) is 60.9 Å². The van der Waals surface area contributed by atoms with Gasteiger partial charge in [0.05, 0.1) is 6.61 Å². The van der Waals surface area contributed by atoms with Crippen LogP contribution in [0, 0.1) is 22.7 Å². The molecule has 2 aliphatic carbocycles. The second kappa shape index (κ2) is 25.8. The van der Waals surface area contributed by atoms with Crippen molar-refractivity contribution < 1.29 is 24.2 Å². The lowest BCUT2D eigenvalue weighted by Crippen LogP contribution is -2.38. The highest BCUT2D eigenvalue weighted by atomic mass is 16.5. The zero-order valence-electron chi connectivity index (χ0n) is 33.2. The third kappa shape index (κ3) is 16.8. The van der Waals surface area contributed by atoms with Crippen LogP contribution in [0.15, 0.2) is 0 Å². The standard InChI is InChI=1S/C43H81NO5/c1-6-8-16-24-37(25-17-9-7-2)29-35-48-40(46)26-18-12-10-14-20-31-44(33-22-23-34-45)32-21-15-11-13-19-27-41(47)49-39-36-38-28-30-43(39,5)42(38,3)4/h37-39,45H,6-36H2,1-5H3. The summed E-state index contributed by atoms with van der Waals surface area (Å²) in [5.41, 5.74) is 0.433. The van der Waals surface area contributed by atoms with Gasteiger partial charge in [-0.1, -0.05) is 125 Å². The zero-order chi connectivity index (χ0) is 35.8. The first kappa shape index (κ1) is 44.0. The van der Waals surface area contributed by atoms with Crippen molar-refractivity contribution in [1.82, 2.24) is 4.90 Å². The van der Waals surface area contributed by atoms with Crippen molar-refractivity contribution >= 4 is 11.9 Å². The molecule has 3 unspecified atom stereocenters. The minimum atomic E-state index is -0.00916. The van der Waals surface area contributed by atoms with Gasteiger partial charge in [-0.3, -0.25) is 9.59 Å². The lowest BCUT2D eigenvalue weighted by molar-refractivity contribution is -0.157. The van der Waals surface area contributed by atoms with Gasteiger partial charge >= 0.3 is 11.9 Å². The van der Waals surface area contributed by atoms with Crippen LogP contribution in [0.5, 0.6) is 0 Å². The molecule has 0 aromatic rings. The third-order valence-corrected chi connectivity index (χ3v) is 12.8. The maximum atomic E-state index is 12.6. The summed E-state index contributed by atoms with van der Waals surface area (Å²) in [5, 5.41) is 9.26. The second-order valence-electron chi connectivity index (χ2n) is 16.8. The number of esters is 2. The smallest absolute Gasteiger partial charge is 0.306 e. The number of hydrogen-bond donors (Lipinski definition) is 1. The van der Waals surface area contributed by atoms with E-state index in [0.29, 0.717) is 31.3 Å². The van der Waals surface area contributed by atoms with Crippen molar-refractivity contribution in [3.8, 4) is 0 Å². The van der Waals surface area contributed by atoms with E-state index in [0.717, 1.165) is 71.0 Å². The van der Waals surface area contributed by atoms with E-state index in [2.05, 4.69) is 39.5 Å². The van der Waals surface area contributed by atoms with Crippen LogP contribution in [0.25, 0.3) is 0 Å². The molecule has 0 radical (unpaired) electrons. The Morgan fingerprint density at radius 3 is 1.73 bits per heavy atom. The minimum absolute atomic E-state index is 0.00916. The molecule has 2 bridgehead atoms. The lowest BCUT2D eigenvalue weighted by atomic mass is 9.70. The van der Waals surface area contributed by atoms with Crippen LogP contribution >= 0.6 is 0 Å². The van der Waals surface area contributed by atoms with Crippen molar-refractivity contribution in [1.29, 1.82) is 0 Å². The Morgan fingerprint density at radius 2 is 1.22 bits per heavy atom. The number of carbonyl (C=O) groups is 2. The molecule has 2 rings (SSSR count). The fourth-order valence-corrected chi connectivity index (χ4v) is 8.79. The van der Waals surface area contributed by atoms with Crippen LogP contribution in [-0.2, 0) is 19.1 Å². The van der Waals surface area contributed by atoms with Crippen molar-refractivity contribution in [3.05, 3.63) is 0 Å². The molecular formula is C43H81NO5. The molecule has 0 spiro atoms. The molecule has 288 valence electrons. The van der Waals surface area contributed by atoms with Crippen LogP contribution in [0.4, 0.5) is 0 Å². The maximum Gasteiger partial charge on any atom is 0.306 e. The highest BCUT2D eigenvalue weighted by Crippen LogP contribution is 2.66. The topological polar surface area (TPSA) is 76.1 Å². The maximum absolute atomic E-state index is 12.6. The summed E-state index contributed by atoms with van der Waals surface area (Å²) in [6.45, 7) is 15.8. The monoisotopic (exact) mass is 692 g/mol. The Hall–Kier alpha value is -1.14. The van der Waals surface area contributed by atoms with Gasteiger partial charge in [0.1, 0.15) is 6.10 Å². The highest BCUT2D eigenvalue weighted by molar-refractivity contribution is 5.69. The summed E-state index contributed by atoms with van der Waals surface area (Å²) in [4.78, 5) is 27.5. The number of aliphatic hydroxyl groups is 1. The second-order valence-corrected chi connectivity index (χ2v) is 16.8. The number of aliphatic hydroxyl groups excluding tert-OH is 1. The minimum Gasteiger partial charge on any atom is -0.466 e. The number of hydrogen-bond acceptors (Lipinski definition) is 6. The van der Waals surface area contributed by atoms with Crippen LogP contribution in [0.1, 0.15) is 202 Å². The number of ether oxygens (including phenoxy) is 2. The Labute approximate surface area is 303 Å². The lowest BCUT2D eigenvalue weighted by Gasteiger charge is -2.38. The van der Waals surface area contributed by atoms with E-state index < -0.39 is 0 Å². The summed E-state index contributed by atoms with van der Waals surface area (Å²) >= 11 is 0. The average Bonchev–Trinajstić information content (AvgIpc) is 3.41. The van der Waals surface area contributed by atoms with E-state index in [1.54, 1.807) is 0 Å². The van der Waals surface area contributed by atoms with Crippen LogP contribution < -0.4 is 0 Å². The highest BCUT2D eigenvalue weighted by Gasteiger charge is 2.62. The first-order valence-corrected chi connectivity index (χ1v) is 21.4. The number of carbonyl (C=O) groups excluding carboxylic acids is 2. The molecule has 2 aliphatic rings. The Bertz CT molecular complexity index is 851. The summed E-state index contributed by atoms with van der Waals surface area (Å²) in [6.07, 6.45) is 29.3. The Balaban J connectivity index is 1.49. The molecule has 6 nitrogen and oxygen atoms in total. The van der Waals surface area contributed by atoms with Gasteiger partial charge < -0.3 is 19.5 Å². The molecular weight excluding hydrogens is 610 g/mol. The van der Waals surface area contributed by atoms with Crippen molar-refractivity contribution in [2.75, 3.05) is 32.8 Å². The number of unbranched alkanes of at least 4 members (excludes halogenated alkanes) is 13. The summed E-state index contributed by atoms with van der Waals surface area (Å²) in [6, 6.07) is 0. The van der Waals surface area contributed by atoms with Gasteiger partial charge in [-0.05, 0) is 101 Å². The predicted octanol–water partition coefficient (Wildman–Crippen LogP) is 11.2. The SMILES string of the molecule is CCCCCC(CCCCC)CCOC(=O)CCCCCCCN(CCCCO)CCCCCCCC(=O)OC1CC2CCC1(C)C2(C)C. The molecule has 0 amide bonds. The quantitative estimate of drug-likeness (QED) is 0.0559. The van der Waals surface area contributed by atoms with Gasteiger partial charge in [0.15, 0.2) is 0 Å². The molecule has 0 heterocycles. The van der Waals surface area contributed by atoms with Crippen LogP contribution in [0.3, 0.4) is 0 Å². The summed E-state index contributed by atoms with van der Waals surface area (Å²) in [7, 11) is 0. The molecule has 6 heteroatoms. The van der Waals surface area contributed by atoms with E-state index in [-0.39, 0.29) is 35.5 Å². The van der Waals surface area contributed by atoms with Gasteiger partial charge in [0, 0.05) is 24.9 Å². The average molecular weight is 692 g/mol. The Morgan fingerprint density at radius 1 is 0.694 bits per heavy atom. The van der Waals surface area contributed by atoms with Gasteiger partial charge in [0.2, 0.25) is 0 Å². The first-order chi connectivity index (χ1) is 23.7. The fourth-order valence-electron chi connectivity index (χ4n) is 8.79. The molecule has 1 N–H and O–H groups in total. The summed E-state index contributed by atoms with van der Waals surface area (Å²) < 4.78 is 11.7. The van der Waals surface area contributed by atoms with E-state index in [1.807, 2.05) is 0 Å². The zero-order valence-corrected chi connectivity index (χ0v) is 33.2. The van der Waals surface area contributed by atoms with Crippen molar-refractivity contribution in [3.63, 3.8) is 0 Å². The van der Waals surface area contributed by atoms with Gasteiger partial charge in [-0.2, -0.15) is 0 Å². The van der Waals surface area contributed by atoms with E-state index in [4.69, 9.17) is 9.47 Å². The number of nitrogens with zero attached hydrogens (tertiary/aromatic N) is 1. The van der Waals surface area contributed by atoms with Gasteiger partial charge in [-0.25, -0.2) is 0 Å². The summed E-state index contributed by atoms with van der Waals surface area (Å²) in [5.74, 6) is 1.42. The Kier molecular flexibility index (Phi) is 23.1. The molecule has 2 fully saturated rings. The molecule has 49 heavy (non-hydrogen) atoms. The molecule has 0 aromatic heterocycles.